The van der Waals surface area contributed by atoms with Crippen molar-refractivity contribution >= 4 is 28.2 Å². The van der Waals surface area contributed by atoms with Gasteiger partial charge in [0.15, 0.2) is 0 Å². The van der Waals surface area contributed by atoms with Crippen molar-refractivity contribution in [1.29, 1.82) is 0 Å². The first-order chi connectivity index (χ1) is 11.8. The first-order valence-electron chi connectivity index (χ1n) is 7.69. The topological polar surface area (TPSA) is 38.1 Å². The Morgan fingerprint density at radius 3 is 2.75 bits per heavy atom. The van der Waals surface area contributed by atoms with Crippen molar-refractivity contribution in [3.8, 4) is 11.4 Å². The molecule has 3 nitrogen and oxygen atoms in total. The number of pyridine rings is 2. The summed E-state index contributed by atoms with van der Waals surface area (Å²) in [5.74, 6) is 0. The van der Waals surface area contributed by atoms with Crippen molar-refractivity contribution in [2.75, 3.05) is 0 Å². The average molecular weight is 329 g/mol. The lowest BCUT2D eigenvalue weighted by Gasteiger charge is -2.06. The average Bonchev–Trinajstić information content (AvgIpc) is 2.99. The van der Waals surface area contributed by atoms with E-state index in [1.54, 1.807) is 18.0 Å². The smallest absolute Gasteiger partial charge is 0.103 e. The fraction of sp³-hybridized carbons (Fsp3) is 0.0500. The van der Waals surface area contributed by atoms with Crippen molar-refractivity contribution in [1.82, 2.24) is 9.97 Å². The zero-order valence-corrected chi connectivity index (χ0v) is 14.0. The van der Waals surface area contributed by atoms with Crippen molar-refractivity contribution in [2.45, 2.75) is 11.8 Å². The predicted octanol–water partition coefficient (Wildman–Crippen LogP) is 5.24. The summed E-state index contributed by atoms with van der Waals surface area (Å²) in [4.78, 5) is 15.9. The van der Waals surface area contributed by atoms with Crippen LogP contribution >= 0.6 is 11.8 Å². The molecule has 3 heterocycles. The van der Waals surface area contributed by atoms with Crippen LogP contribution in [0.25, 0.3) is 22.2 Å². The lowest BCUT2D eigenvalue weighted by Crippen LogP contribution is -1.98. The van der Waals surface area contributed by atoms with E-state index in [0.29, 0.717) is 0 Å². The third-order valence-electron chi connectivity index (χ3n) is 3.96. The van der Waals surface area contributed by atoms with Gasteiger partial charge in [0, 0.05) is 39.3 Å². The van der Waals surface area contributed by atoms with Gasteiger partial charge in [0.05, 0.1) is 11.4 Å². The maximum Gasteiger partial charge on any atom is 0.103 e. The third kappa shape index (κ3) is 2.36. The summed E-state index contributed by atoms with van der Waals surface area (Å²) in [5.41, 5.74) is 3.83. The van der Waals surface area contributed by atoms with Gasteiger partial charge in [-0.25, -0.2) is 0 Å². The summed E-state index contributed by atoms with van der Waals surface area (Å²) in [5, 5.41) is 2.29. The van der Waals surface area contributed by atoms with Crippen LogP contribution in [0.1, 0.15) is 12.5 Å². The molecule has 3 aromatic rings. The van der Waals surface area contributed by atoms with Crippen LogP contribution < -0.4 is 0 Å². The van der Waals surface area contributed by atoms with Crippen LogP contribution in [-0.2, 0) is 0 Å². The molecule has 2 aromatic heterocycles. The van der Waals surface area contributed by atoms with Crippen molar-refractivity contribution in [2.24, 2.45) is 4.99 Å². The molecule has 0 unspecified atom stereocenters. The van der Waals surface area contributed by atoms with Crippen LogP contribution in [0.5, 0.6) is 0 Å². The van der Waals surface area contributed by atoms with E-state index in [1.165, 1.54) is 0 Å². The fourth-order valence-corrected chi connectivity index (χ4v) is 3.97. The van der Waals surface area contributed by atoms with E-state index in [2.05, 4.69) is 45.8 Å². The molecule has 4 heteroatoms. The zero-order valence-electron chi connectivity index (χ0n) is 13.2. The molecule has 0 fully saturated rings. The molecule has 1 aliphatic rings. The van der Waals surface area contributed by atoms with Gasteiger partial charge >= 0.3 is 0 Å². The number of rotatable bonds is 2. The third-order valence-corrected chi connectivity index (χ3v) is 5.23. The van der Waals surface area contributed by atoms with Gasteiger partial charge in [0.2, 0.25) is 0 Å². The molecule has 116 valence electrons. The summed E-state index contributed by atoms with van der Waals surface area (Å²) in [7, 11) is 0. The largest absolute Gasteiger partial charge is 0.256 e. The Bertz CT molecular complexity index is 1020. The fourth-order valence-electron chi connectivity index (χ4n) is 2.84. The minimum absolute atomic E-state index is 0.883. The summed E-state index contributed by atoms with van der Waals surface area (Å²) < 4.78 is 0. The van der Waals surface area contributed by atoms with Gasteiger partial charge in [0.25, 0.3) is 0 Å². The van der Waals surface area contributed by atoms with Crippen LogP contribution in [-0.4, -0.2) is 15.7 Å². The Labute approximate surface area is 144 Å². The molecule has 1 aromatic carbocycles. The van der Waals surface area contributed by atoms with E-state index in [0.717, 1.165) is 43.2 Å². The number of aliphatic imine (C=N–C) groups is 1. The van der Waals surface area contributed by atoms with E-state index >= 15 is 0 Å². The quantitative estimate of drug-likeness (QED) is 0.645. The Hall–Kier alpha value is -2.72. The minimum Gasteiger partial charge on any atom is -0.256 e. The predicted molar refractivity (Wildman–Crippen MR) is 101 cm³/mol. The molecule has 0 aliphatic carbocycles. The molecule has 0 atom stereocenters. The van der Waals surface area contributed by atoms with Crippen LogP contribution in [0.2, 0.25) is 0 Å². The second-order valence-corrected chi connectivity index (χ2v) is 6.42. The number of hydrogen-bond acceptors (Lipinski definition) is 4. The van der Waals surface area contributed by atoms with Gasteiger partial charge in [-0.05, 0) is 24.4 Å². The molecule has 0 saturated carbocycles. The Kier molecular flexibility index (Phi) is 3.75. The molecule has 4 rings (SSSR count). The van der Waals surface area contributed by atoms with E-state index in [9.17, 15) is 0 Å². The molecule has 0 bridgehead atoms. The van der Waals surface area contributed by atoms with Crippen LogP contribution in [0.4, 0.5) is 0 Å². The number of nitrogens with zero attached hydrogens (tertiary/aromatic N) is 3. The second kappa shape index (κ2) is 6.06. The molecule has 0 spiro atoms. The maximum atomic E-state index is 4.62. The van der Waals surface area contributed by atoms with Gasteiger partial charge in [0.1, 0.15) is 5.69 Å². The van der Waals surface area contributed by atoms with Crippen molar-refractivity contribution in [3.05, 3.63) is 78.1 Å². The Morgan fingerprint density at radius 2 is 1.96 bits per heavy atom. The molecule has 1 aliphatic heterocycles. The van der Waals surface area contributed by atoms with Crippen molar-refractivity contribution < 1.29 is 0 Å². The highest BCUT2D eigenvalue weighted by atomic mass is 32.2. The lowest BCUT2D eigenvalue weighted by atomic mass is 10.1. The number of fused-ring (bicyclic) bond motifs is 2. The molecule has 0 N–H and O–H groups in total. The molecule has 0 saturated heterocycles. The summed E-state index contributed by atoms with van der Waals surface area (Å²) >= 11 is 1.69. The second-order valence-electron chi connectivity index (χ2n) is 5.37. The number of benzene rings is 1. The number of hydrogen-bond donors (Lipinski definition) is 0. The lowest BCUT2D eigenvalue weighted by molar-refractivity contribution is 1.19. The van der Waals surface area contributed by atoms with E-state index < -0.39 is 0 Å². The van der Waals surface area contributed by atoms with Gasteiger partial charge in [-0.1, -0.05) is 48.7 Å². The molecule has 0 amide bonds. The summed E-state index contributed by atoms with van der Waals surface area (Å²) in [6.45, 7) is 5.75. The molecule has 24 heavy (non-hydrogen) atoms. The Morgan fingerprint density at radius 1 is 1.12 bits per heavy atom. The van der Waals surface area contributed by atoms with Crippen LogP contribution in [0.15, 0.2) is 82.4 Å². The standard InChI is InChI=1S/C20H15N3S/c1-3-17-18(21-4-2)15-9-10-22-19(20(15)24-17)16-11-13-7-5-6-8-14(13)12-23-16/h3-12H,2H2,1H3/b17-3+,21-18?. The highest BCUT2D eigenvalue weighted by Gasteiger charge is 2.27. The zero-order chi connectivity index (χ0) is 16.5. The van der Waals surface area contributed by atoms with Gasteiger partial charge in [-0.2, -0.15) is 0 Å². The van der Waals surface area contributed by atoms with Crippen LogP contribution in [0, 0.1) is 0 Å². The first kappa shape index (κ1) is 14.8. The van der Waals surface area contributed by atoms with E-state index in [-0.39, 0.29) is 0 Å². The SMILES string of the molecule is C=CN=C1/C(=C\C)Sc2c1ccnc2-c1cc2ccccc2cn1. The van der Waals surface area contributed by atoms with Crippen molar-refractivity contribution in [3.63, 3.8) is 0 Å². The molecular weight excluding hydrogens is 314 g/mol. The first-order valence-corrected chi connectivity index (χ1v) is 8.51. The summed E-state index contributed by atoms with van der Waals surface area (Å²) in [6.07, 6.45) is 7.39. The molecule has 0 radical (unpaired) electrons. The highest BCUT2D eigenvalue weighted by Crippen LogP contribution is 2.44. The molecular formula is C20H15N3S. The Balaban J connectivity index is 1.92. The minimum atomic E-state index is 0.883. The number of allylic oxidation sites excluding steroid dienone is 2. The monoisotopic (exact) mass is 329 g/mol. The van der Waals surface area contributed by atoms with E-state index in [1.807, 2.05) is 37.5 Å². The highest BCUT2D eigenvalue weighted by molar-refractivity contribution is 8.04. The van der Waals surface area contributed by atoms with E-state index in [4.69, 9.17) is 0 Å². The summed E-state index contributed by atoms with van der Waals surface area (Å²) in [6, 6.07) is 12.3. The van der Waals surface area contributed by atoms with Crippen LogP contribution in [0.3, 0.4) is 0 Å². The number of aromatic nitrogens is 2. The normalized spacial score (nSPS) is 16.7. The van der Waals surface area contributed by atoms with Gasteiger partial charge in [-0.15, -0.1) is 0 Å². The maximum absolute atomic E-state index is 4.62. The van der Waals surface area contributed by atoms with Gasteiger partial charge in [-0.3, -0.25) is 15.0 Å². The number of thioether (sulfide) groups is 1. The van der Waals surface area contributed by atoms with Gasteiger partial charge < -0.3 is 0 Å².